The highest BCUT2D eigenvalue weighted by Gasteiger charge is 2.59. The van der Waals surface area contributed by atoms with Gasteiger partial charge in [-0.2, -0.15) is 0 Å². The normalized spacial score (nSPS) is 20.4. The Morgan fingerprint density at radius 2 is 0.750 bits per heavy atom. The van der Waals surface area contributed by atoms with E-state index in [9.17, 15) is 0 Å². The van der Waals surface area contributed by atoms with E-state index in [0.29, 0.717) is 0 Å². The summed E-state index contributed by atoms with van der Waals surface area (Å²) in [5.74, 6) is 0. The van der Waals surface area contributed by atoms with Gasteiger partial charge in [0.25, 0.3) is 0 Å². The largest absolute Gasteiger partial charge is 0.0720 e. The van der Waals surface area contributed by atoms with E-state index in [1.807, 2.05) is 0 Å². The number of rotatable bonds is 0. The number of aryl methyl sites for hydroxylation is 1. The topological polar surface area (TPSA) is 0 Å². The van der Waals surface area contributed by atoms with Crippen molar-refractivity contribution >= 4 is 15.9 Å². The summed E-state index contributed by atoms with van der Waals surface area (Å²) in [5, 5.41) is 0. The average Bonchev–Trinajstić information content (AvgIpc) is 3.47. The van der Waals surface area contributed by atoms with Gasteiger partial charge in [0.05, 0.1) is 10.8 Å². The first-order valence-corrected chi connectivity index (χ1v) is 14.8. The number of fused-ring (bicyclic) bond motifs is 16. The molecule has 0 fully saturated rings. The van der Waals surface area contributed by atoms with Crippen LogP contribution >= 0.6 is 15.9 Å². The van der Waals surface area contributed by atoms with E-state index in [2.05, 4.69) is 156 Å². The molecular weight excluding hydrogens is 548 g/mol. The minimum absolute atomic E-state index is 0.389. The Bertz CT molecular complexity index is 1850. The van der Waals surface area contributed by atoms with Crippen molar-refractivity contribution in [2.45, 2.75) is 17.8 Å². The molecule has 0 heterocycles. The number of benzene rings is 6. The summed E-state index contributed by atoms with van der Waals surface area (Å²) in [6, 6.07) is 50.3. The van der Waals surface area contributed by atoms with Crippen molar-refractivity contribution in [3.05, 3.63) is 188 Å². The quantitative estimate of drug-likeness (QED) is 0.169. The van der Waals surface area contributed by atoms with E-state index in [4.69, 9.17) is 0 Å². The van der Waals surface area contributed by atoms with Gasteiger partial charge in [-0.15, -0.1) is 0 Å². The lowest BCUT2D eigenvalue weighted by atomic mass is 9.52. The molecule has 6 aromatic rings. The molecule has 6 aromatic carbocycles. The summed E-state index contributed by atoms with van der Waals surface area (Å²) in [6.07, 6.45) is 0. The second-order valence-electron chi connectivity index (χ2n) is 11.3. The number of halogens is 1. The van der Waals surface area contributed by atoms with Crippen LogP contribution in [0.1, 0.15) is 50.1 Å². The van der Waals surface area contributed by atoms with Gasteiger partial charge in [-0.3, -0.25) is 0 Å². The van der Waals surface area contributed by atoms with Gasteiger partial charge in [0, 0.05) is 10.0 Å². The molecule has 9 rings (SSSR count). The van der Waals surface area contributed by atoms with Crippen molar-refractivity contribution in [1.82, 2.24) is 0 Å². The van der Waals surface area contributed by atoms with Gasteiger partial charge in [-0.25, -0.2) is 0 Å². The molecule has 0 atom stereocenters. The summed E-state index contributed by atoms with van der Waals surface area (Å²) in [6.45, 7) is 2.26. The highest BCUT2D eigenvalue weighted by atomic mass is 79.9. The molecule has 0 unspecified atom stereocenters. The minimum Gasteiger partial charge on any atom is -0.0619 e. The second kappa shape index (κ2) is 7.71. The second-order valence-corrected chi connectivity index (χ2v) is 12.2. The van der Waals surface area contributed by atoms with Gasteiger partial charge in [0.15, 0.2) is 0 Å². The predicted molar refractivity (Wildman–Crippen MR) is 167 cm³/mol. The highest BCUT2D eigenvalue weighted by molar-refractivity contribution is 9.10. The minimum atomic E-state index is -0.407. The summed E-state index contributed by atoms with van der Waals surface area (Å²) in [5.41, 5.74) is 16.9. The monoisotopic (exact) mass is 572 g/mol. The molecule has 0 N–H and O–H groups in total. The standard InChI is InChI=1S/C39H25Br/c1-24-12-10-21-33-36(24)25-13-2-4-15-27(25)38(33)29-17-6-8-19-31(29)39(32-20-9-7-18-30(32)38)28-16-5-3-14-26(28)37-34(39)22-11-23-35(37)40/h2-23H,1H3. The fourth-order valence-electron chi connectivity index (χ4n) is 8.52. The molecule has 0 saturated carbocycles. The van der Waals surface area contributed by atoms with Crippen molar-refractivity contribution in [3.63, 3.8) is 0 Å². The molecule has 0 aromatic heterocycles. The van der Waals surface area contributed by atoms with Crippen LogP contribution in [0, 0.1) is 6.92 Å². The Hall–Kier alpha value is -4.20. The summed E-state index contributed by atoms with van der Waals surface area (Å²) >= 11 is 3.96. The number of hydrogen-bond donors (Lipinski definition) is 0. The maximum atomic E-state index is 3.96. The van der Waals surface area contributed by atoms with Gasteiger partial charge < -0.3 is 0 Å². The molecule has 0 radical (unpaired) electrons. The lowest BCUT2D eigenvalue weighted by Gasteiger charge is -2.48. The van der Waals surface area contributed by atoms with Crippen LogP contribution in [0.2, 0.25) is 0 Å². The fourth-order valence-corrected chi connectivity index (χ4v) is 9.10. The molecular formula is C39H25Br. The van der Waals surface area contributed by atoms with Gasteiger partial charge in [0.1, 0.15) is 0 Å². The molecule has 2 spiro atoms. The van der Waals surface area contributed by atoms with E-state index in [1.54, 1.807) is 0 Å². The molecule has 0 aliphatic heterocycles. The maximum Gasteiger partial charge on any atom is 0.0720 e. The first kappa shape index (κ1) is 22.6. The molecule has 0 saturated heterocycles. The highest BCUT2D eigenvalue weighted by Crippen LogP contribution is 2.67. The van der Waals surface area contributed by atoms with Crippen molar-refractivity contribution in [3.8, 4) is 22.3 Å². The SMILES string of the molecule is Cc1cccc2c1-c1ccccc1C21c2ccccc2C2(c3ccccc3-c3c(Br)cccc32)c2ccccc21. The van der Waals surface area contributed by atoms with Crippen LogP contribution in [0.5, 0.6) is 0 Å². The van der Waals surface area contributed by atoms with Gasteiger partial charge in [0.2, 0.25) is 0 Å². The van der Waals surface area contributed by atoms with Crippen LogP contribution in [-0.2, 0) is 10.8 Å². The summed E-state index contributed by atoms with van der Waals surface area (Å²) < 4.78 is 1.15. The fraction of sp³-hybridized carbons (Fsp3) is 0.0769. The van der Waals surface area contributed by atoms with E-state index < -0.39 is 5.41 Å². The first-order valence-electron chi connectivity index (χ1n) is 14.0. The van der Waals surface area contributed by atoms with Crippen molar-refractivity contribution in [2.75, 3.05) is 0 Å². The Labute approximate surface area is 243 Å². The lowest BCUT2D eigenvalue weighted by Crippen LogP contribution is -2.43. The van der Waals surface area contributed by atoms with Crippen LogP contribution < -0.4 is 0 Å². The first-order chi connectivity index (χ1) is 19.7. The van der Waals surface area contributed by atoms with Crippen LogP contribution in [0.4, 0.5) is 0 Å². The lowest BCUT2D eigenvalue weighted by molar-refractivity contribution is 0.632. The third kappa shape index (κ3) is 2.37. The van der Waals surface area contributed by atoms with E-state index in [-0.39, 0.29) is 5.41 Å². The van der Waals surface area contributed by atoms with Crippen molar-refractivity contribution in [1.29, 1.82) is 0 Å². The molecule has 3 aliphatic carbocycles. The Balaban J connectivity index is 1.54. The Morgan fingerprint density at radius 1 is 0.375 bits per heavy atom. The van der Waals surface area contributed by atoms with Gasteiger partial charge >= 0.3 is 0 Å². The summed E-state index contributed by atoms with van der Waals surface area (Å²) in [7, 11) is 0. The molecule has 0 amide bonds. The van der Waals surface area contributed by atoms with Gasteiger partial charge in [-0.1, -0.05) is 143 Å². The van der Waals surface area contributed by atoms with E-state index >= 15 is 0 Å². The molecule has 0 bridgehead atoms. The molecule has 1 heteroatoms. The Morgan fingerprint density at radius 3 is 1.27 bits per heavy atom. The zero-order chi connectivity index (χ0) is 26.6. The van der Waals surface area contributed by atoms with Crippen LogP contribution in [-0.4, -0.2) is 0 Å². The molecule has 3 aliphatic rings. The zero-order valence-electron chi connectivity index (χ0n) is 22.1. The van der Waals surface area contributed by atoms with E-state index in [1.165, 1.54) is 72.3 Å². The third-order valence-corrected chi connectivity index (χ3v) is 10.4. The van der Waals surface area contributed by atoms with Crippen molar-refractivity contribution in [2.24, 2.45) is 0 Å². The third-order valence-electron chi connectivity index (χ3n) is 9.77. The Kier molecular flexibility index (Phi) is 4.36. The molecule has 188 valence electrons. The average molecular weight is 574 g/mol. The summed E-state index contributed by atoms with van der Waals surface area (Å²) in [4.78, 5) is 0. The molecule has 0 nitrogen and oxygen atoms in total. The molecule has 40 heavy (non-hydrogen) atoms. The predicted octanol–water partition coefficient (Wildman–Crippen LogP) is 9.80. The van der Waals surface area contributed by atoms with Crippen molar-refractivity contribution < 1.29 is 0 Å². The smallest absolute Gasteiger partial charge is 0.0619 e. The van der Waals surface area contributed by atoms with E-state index in [0.717, 1.165) is 4.47 Å². The van der Waals surface area contributed by atoms with Crippen LogP contribution in [0.15, 0.2) is 138 Å². The van der Waals surface area contributed by atoms with Crippen LogP contribution in [0.3, 0.4) is 0 Å². The zero-order valence-corrected chi connectivity index (χ0v) is 23.7. The van der Waals surface area contributed by atoms with Gasteiger partial charge in [-0.05, 0) is 79.8 Å². The van der Waals surface area contributed by atoms with Crippen LogP contribution in [0.25, 0.3) is 22.3 Å². The maximum absolute atomic E-state index is 3.96. The number of hydrogen-bond acceptors (Lipinski definition) is 0.